The number of aromatic nitrogens is 2. The monoisotopic (exact) mass is 452 g/mol. The van der Waals surface area contributed by atoms with Crippen LogP contribution in [0.3, 0.4) is 0 Å². The van der Waals surface area contributed by atoms with Crippen LogP contribution >= 0.6 is 0 Å². The van der Waals surface area contributed by atoms with Crippen LogP contribution in [-0.2, 0) is 11.8 Å². The highest BCUT2D eigenvalue weighted by Crippen LogP contribution is 2.60. The maximum Gasteiger partial charge on any atom is 0.294 e. The Morgan fingerprint density at radius 2 is 1.79 bits per heavy atom. The molecule has 6 rings (SSSR count). The first-order chi connectivity index (χ1) is 15.6. The summed E-state index contributed by atoms with van der Waals surface area (Å²) in [6, 6.07) is 1.50. The first kappa shape index (κ1) is 21.8. The number of amides is 2. The topological polar surface area (TPSA) is 93.1 Å². The van der Waals surface area contributed by atoms with E-state index in [1.165, 1.54) is 18.7 Å². The molecule has 2 heterocycles. The Balaban J connectivity index is 1.38. The highest BCUT2D eigenvalue weighted by atomic mass is 19.1. The van der Waals surface area contributed by atoms with Gasteiger partial charge in [-0.2, -0.15) is 4.39 Å². The molecule has 7 nitrogen and oxygen atoms in total. The molecule has 4 saturated carbocycles. The minimum absolute atomic E-state index is 0.220. The number of carbonyl (C=O) groups excluding carboxylic acids is 3. The molecular weight excluding hydrogens is 423 g/mol. The average Bonchev–Trinajstić information content (AvgIpc) is 3.23. The lowest BCUT2D eigenvalue weighted by Gasteiger charge is -2.33. The molecule has 2 N–H and O–H groups in total. The molecule has 0 aromatic carbocycles. The SMILES string of the molecule is Cc1cc(NC(=O)c2c(C)c(C(=O)C(=O)N[C@]34C[C@@H]5C[C@@H](C[C@H]3C5)C4)n(C)c2C)cnc1F. The van der Waals surface area contributed by atoms with Gasteiger partial charge in [0.2, 0.25) is 5.95 Å². The van der Waals surface area contributed by atoms with Crippen molar-refractivity contribution in [2.45, 2.75) is 58.4 Å². The van der Waals surface area contributed by atoms with Crippen LogP contribution in [0.4, 0.5) is 10.1 Å². The lowest BCUT2D eigenvalue weighted by Crippen LogP contribution is -2.51. The molecule has 174 valence electrons. The zero-order valence-corrected chi connectivity index (χ0v) is 19.4. The number of nitrogens with one attached hydrogen (secondary N) is 2. The molecule has 8 heteroatoms. The largest absolute Gasteiger partial charge is 0.344 e. The molecular formula is C25H29FN4O3. The third-order valence-electron chi connectivity index (χ3n) is 8.20. The van der Waals surface area contributed by atoms with E-state index in [9.17, 15) is 18.8 Å². The number of anilines is 1. The summed E-state index contributed by atoms with van der Waals surface area (Å²) in [4.78, 5) is 43.0. The Morgan fingerprint density at radius 3 is 2.42 bits per heavy atom. The van der Waals surface area contributed by atoms with E-state index in [1.807, 2.05) is 0 Å². The van der Waals surface area contributed by atoms with Gasteiger partial charge in [-0.1, -0.05) is 0 Å². The molecule has 0 spiro atoms. The number of hydrogen-bond acceptors (Lipinski definition) is 4. The van der Waals surface area contributed by atoms with E-state index < -0.39 is 23.5 Å². The van der Waals surface area contributed by atoms with Gasteiger partial charge in [-0.15, -0.1) is 0 Å². The molecule has 0 unspecified atom stereocenters. The van der Waals surface area contributed by atoms with Gasteiger partial charge < -0.3 is 15.2 Å². The van der Waals surface area contributed by atoms with Crippen molar-refractivity contribution in [1.82, 2.24) is 14.9 Å². The van der Waals surface area contributed by atoms with Crippen molar-refractivity contribution in [2.75, 3.05) is 5.32 Å². The second kappa shape index (κ2) is 7.50. The number of rotatable bonds is 5. The predicted molar refractivity (Wildman–Crippen MR) is 121 cm³/mol. The number of hydrogen-bond donors (Lipinski definition) is 2. The van der Waals surface area contributed by atoms with Crippen LogP contribution in [0.5, 0.6) is 0 Å². The van der Waals surface area contributed by atoms with E-state index in [0.717, 1.165) is 25.7 Å². The Morgan fingerprint density at radius 1 is 1.12 bits per heavy atom. The molecule has 4 atom stereocenters. The molecule has 4 fully saturated rings. The maximum absolute atomic E-state index is 13.5. The molecule has 4 aliphatic rings. The molecule has 0 saturated heterocycles. The molecule has 33 heavy (non-hydrogen) atoms. The van der Waals surface area contributed by atoms with Gasteiger partial charge in [-0.05, 0) is 82.3 Å². The van der Waals surface area contributed by atoms with E-state index >= 15 is 0 Å². The van der Waals surface area contributed by atoms with E-state index in [-0.39, 0.29) is 11.2 Å². The normalized spacial score (nSPS) is 27.1. The molecule has 0 aliphatic heterocycles. The predicted octanol–water partition coefficient (Wildman–Crippen LogP) is 3.61. The summed E-state index contributed by atoms with van der Waals surface area (Å²) >= 11 is 0. The minimum atomic E-state index is -0.614. The maximum atomic E-state index is 13.5. The van der Waals surface area contributed by atoms with Crippen molar-refractivity contribution in [1.29, 1.82) is 0 Å². The minimum Gasteiger partial charge on any atom is -0.344 e. The van der Waals surface area contributed by atoms with Crippen LogP contribution < -0.4 is 10.6 Å². The smallest absolute Gasteiger partial charge is 0.294 e. The molecule has 4 bridgehead atoms. The lowest BCUT2D eigenvalue weighted by atomic mass is 9.80. The van der Waals surface area contributed by atoms with E-state index in [4.69, 9.17) is 0 Å². The van der Waals surface area contributed by atoms with Gasteiger partial charge in [0.25, 0.3) is 17.6 Å². The first-order valence-electron chi connectivity index (χ1n) is 11.6. The number of carbonyl (C=O) groups is 3. The van der Waals surface area contributed by atoms with Gasteiger partial charge in [-0.3, -0.25) is 14.4 Å². The van der Waals surface area contributed by atoms with Crippen LogP contribution in [0, 0.1) is 44.5 Å². The third-order valence-corrected chi connectivity index (χ3v) is 8.20. The highest BCUT2D eigenvalue weighted by Gasteiger charge is 2.58. The van der Waals surface area contributed by atoms with Crippen molar-refractivity contribution < 1.29 is 18.8 Å². The fourth-order valence-electron chi connectivity index (χ4n) is 6.84. The van der Waals surface area contributed by atoms with Crippen molar-refractivity contribution in [3.8, 4) is 0 Å². The Kier molecular flexibility index (Phi) is 4.95. The zero-order valence-electron chi connectivity index (χ0n) is 19.4. The second-order valence-corrected chi connectivity index (χ2v) is 10.3. The van der Waals surface area contributed by atoms with Gasteiger partial charge in [0.05, 0.1) is 23.1 Å². The fourth-order valence-corrected chi connectivity index (χ4v) is 6.84. The van der Waals surface area contributed by atoms with Gasteiger partial charge in [0, 0.05) is 23.8 Å². The second-order valence-electron chi connectivity index (χ2n) is 10.3. The summed E-state index contributed by atoms with van der Waals surface area (Å²) in [6.07, 6.45) is 6.73. The molecule has 4 aliphatic carbocycles. The van der Waals surface area contributed by atoms with Crippen LogP contribution in [-0.4, -0.2) is 32.7 Å². The Labute approximate surface area is 192 Å². The molecule has 2 aromatic heterocycles. The first-order valence-corrected chi connectivity index (χ1v) is 11.6. The highest BCUT2D eigenvalue weighted by molar-refractivity contribution is 6.43. The van der Waals surface area contributed by atoms with Gasteiger partial charge in [0.1, 0.15) is 0 Å². The zero-order chi connectivity index (χ0) is 23.7. The quantitative estimate of drug-likeness (QED) is 0.412. The number of pyridine rings is 1. The van der Waals surface area contributed by atoms with Gasteiger partial charge in [0.15, 0.2) is 0 Å². The number of ketones is 1. The summed E-state index contributed by atoms with van der Waals surface area (Å²) in [5.41, 5.74) is 2.02. The Bertz CT molecular complexity index is 1190. The number of aryl methyl sites for hydroxylation is 1. The number of halogens is 1. The Hall–Kier alpha value is -3.03. The molecule has 0 radical (unpaired) electrons. The van der Waals surface area contributed by atoms with Crippen molar-refractivity contribution in [3.05, 3.63) is 46.3 Å². The van der Waals surface area contributed by atoms with Crippen LogP contribution in [0.25, 0.3) is 0 Å². The van der Waals surface area contributed by atoms with Crippen LogP contribution in [0.2, 0.25) is 0 Å². The van der Waals surface area contributed by atoms with Gasteiger partial charge in [-0.25, -0.2) is 4.98 Å². The summed E-state index contributed by atoms with van der Waals surface area (Å²) in [5, 5.41) is 5.85. The van der Waals surface area contributed by atoms with E-state index in [0.29, 0.717) is 45.8 Å². The summed E-state index contributed by atoms with van der Waals surface area (Å²) in [5.74, 6) is -0.424. The lowest BCUT2D eigenvalue weighted by molar-refractivity contribution is -0.119. The number of Topliss-reactive ketones (excluding diaryl/α,β-unsaturated/α-hetero) is 1. The van der Waals surface area contributed by atoms with Crippen molar-refractivity contribution >= 4 is 23.3 Å². The van der Waals surface area contributed by atoms with E-state index in [2.05, 4.69) is 15.6 Å². The average molecular weight is 453 g/mol. The van der Waals surface area contributed by atoms with Crippen molar-refractivity contribution in [3.63, 3.8) is 0 Å². The summed E-state index contributed by atoms with van der Waals surface area (Å²) in [6.45, 7) is 4.98. The number of nitrogens with zero attached hydrogens (tertiary/aromatic N) is 2. The summed E-state index contributed by atoms with van der Waals surface area (Å²) < 4.78 is 15.1. The van der Waals surface area contributed by atoms with Crippen LogP contribution in [0.15, 0.2) is 12.3 Å². The van der Waals surface area contributed by atoms with E-state index in [1.54, 1.807) is 32.4 Å². The van der Waals surface area contributed by atoms with Crippen molar-refractivity contribution in [2.24, 2.45) is 24.8 Å². The fraction of sp³-hybridized carbons (Fsp3) is 0.520. The summed E-state index contributed by atoms with van der Waals surface area (Å²) in [7, 11) is 1.69. The standard InChI is InChI=1S/C25H29FN4O3/c1-12-5-18(11-27-22(12)26)28-23(32)19-13(2)20(30(4)14(19)3)21(31)24(33)29-25-9-15-6-16(10-25)8-17(25)7-15/h5,11,15-17H,6-10H2,1-4H3,(H,28,32)(H,29,33)/t15-,16+,17-,25+. The molecule has 2 aromatic rings. The third kappa shape index (κ3) is 3.38. The molecule has 2 amide bonds. The van der Waals surface area contributed by atoms with Crippen LogP contribution in [0.1, 0.15) is 69.8 Å². The van der Waals surface area contributed by atoms with Gasteiger partial charge >= 0.3 is 0 Å².